The Bertz CT molecular complexity index is 596. The van der Waals surface area contributed by atoms with Gasteiger partial charge in [-0.1, -0.05) is 38.5 Å². The van der Waals surface area contributed by atoms with E-state index in [-0.39, 0.29) is 5.92 Å². The maximum Gasteiger partial charge on any atom is 0.194 e. The van der Waals surface area contributed by atoms with Crippen LogP contribution in [0.3, 0.4) is 0 Å². The lowest BCUT2D eigenvalue weighted by molar-refractivity contribution is 0.149. The number of halogens is 3. The van der Waals surface area contributed by atoms with Crippen LogP contribution in [-0.2, 0) is 0 Å². The molecule has 3 fully saturated rings. The second-order valence-corrected chi connectivity index (χ2v) is 9.58. The van der Waals surface area contributed by atoms with Crippen molar-refractivity contribution in [3.8, 4) is 0 Å². The lowest BCUT2D eigenvalue weighted by atomic mass is 9.67. The molecular weight excluding hydrogens is 345 g/mol. The van der Waals surface area contributed by atoms with Crippen LogP contribution in [0.25, 0.3) is 0 Å². The molecule has 1 aromatic rings. The van der Waals surface area contributed by atoms with E-state index < -0.39 is 17.5 Å². The molecule has 0 heterocycles. The zero-order valence-electron chi connectivity index (χ0n) is 16.4. The number of hydrogen-bond acceptors (Lipinski definition) is 0. The van der Waals surface area contributed by atoms with E-state index >= 15 is 0 Å². The lowest BCUT2D eigenvalue weighted by Gasteiger charge is -2.38. The summed E-state index contributed by atoms with van der Waals surface area (Å²) in [7, 11) is 0. The van der Waals surface area contributed by atoms with Gasteiger partial charge in [-0.15, -0.1) is 0 Å². The predicted octanol–water partition coefficient (Wildman–Crippen LogP) is 7.76. The van der Waals surface area contributed by atoms with Crippen LogP contribution in [0, 0.1) is 41.1 Å². The van der Waals surface area contributed by atoms with E-state index in [2.05, 4.69) is 0 Å². The summed E-state index contributed by atoms with van der Waals surface area (Å²) in [5.74, 6) is 0.354. The number of hydrogen-bond donors (Lipinski definition) is 0. The summed E-state index contributed by atoms with van der Waals surface area (Å²) in [6.45, 7) is 0. The van der Waals surface area contributed by atoms with E-state index in [0.29, 0.717) is 5.56 Å². The maximum absolute atomic E-state index is 13.5. The molecule has 4 rings (SSSR count). The van der Waals surface area contributed by atoms with Crippen LogP contribution in [0.15, 0.2) is 12.1 Å². The molecule has 0 radical (unpaired) electrons. The number of benzene rings is 1. The van der Waals surface area contributed by atoms with Gasteiger partial charge in [0.2, 0.25) is 0 Å². The fourth-order valence-electron chi connectivity index (χ4n) is 6.35. The smallest absolute Gasteiger partial charge is 0.194 e. The van der Waals surface area contributed by atoms with Crippen molar-refractivity contribution in [3.63, 3.8) is 0 Å². The summed E-state index contributed by atoms with van der Waals surface area (Å²) in [6.07, 6.45) is 17.2. The average Bonchev–Trinajstić information content (AvgIpc) is 3.19. The molecule has 0 nitrogen and oxygen atoms in total. The normalized spacial score (nSPS) is 32.7. The first-order valence-electron chi connectivity index (χ1n) is 11.2. The Labute approximate surface area is 161 Å². The van der Waals surface area contributed by atoms with Gasteiger partial charge in [-0.3, -0.25) is 0 Å². The molecule has 3 saturated carbocycles. The van der Waals surface area contributed by atoms with Crippen molar-refractivity contribution in [2.24, 2.45) is 23.7 Å². The fraction of sp³-hybridized carbons (Fsp3) is 0.750. The molecule has 3 aliphatic rings. The zero-order chi connectivity index (χ0) is 18.8. The second-order valence-electron chi connectivity index (χ2n) is 9.58. The van der Waals surface area contributed by atoms with Gasteiger partial charge in [-0.2, -0.15) is 0 Å². The molecule has 0 saturated heterocycles. The Morgan fingerprint density at radius 3 is 1.67 bits per heavy atom. The van der Waals surface area contributed by atoms with Crippen molar-refractivity contribution < 1.29 is 13.2 Å². The molecule has 27 heavy (non-hydrogen) atoms. The van der Waals surface area contributed by atoms with Crippen molar-refractivity contribution in [3.05, 3.63) is 35.1 Å². The van der Waals surface area contributed by atoms with Gasteiger partial charge >= 0.3 is 0 Å². The van der Waals surface area contributed by atoms with Crippen LogP contribution < -0.4 is 0 Å². The molecule has 0 N–H and O–H groups in total. The summed E-state index contributed by atoms with van der Waals surface area (Å²) in [4.78, 5) is 0. The van der Waals surface area contributed by atoms with E-state index in [9.17, 15) is 13.2 Å². The van der Waals surface area contributed by atoms with Crippen molar-refractivity contribution in [1.29, 1.82) is 0 Å². The van der Waals surface area contributed by atoms with Crippen LogP contribution in [-0.4, -0.2) is 0 Å². The largest absolute Gasteiger partial charge is 0.204 e. The molecule has 0 aliphatic heterocycles. The number of rotatable bonds is 4. The summed E-state index contributed by atoms with van der Waals surface area (Å²) >= 11 is 0. The third-order valence-corrected chi connectivity index (χ3v) is 7.95. The summed E-state index contributed by atoms with van der Waals surface area (Å²) in [6, 6.07) is 2.41. The predicted molar refractivity (Wildman–Crippen MR) is 103 cm³/mol. The quantitative estimate of drug-likeness (QED) is 0.470. The Kier molecular flexibility index (Phi) is 6.14. The molecular formula is C24H33F3. The highest BCUT2D eigenvalue weighted by Crippen LogP contribution is 2.45. The first-order valence-corrected chi connectivity index (χ1v) is 11.2. The van der Waals surface area contributed by atoms with E-state index in [0.717, 1.165) is 49.4 Å². The standard InChI is InChI=1S/C24H33F3/c25-22-14-21(15-23(26)24(22)27)20-11-9-19(10-12-20)18-7-5-17(6-8-18)13-16-3-1-2-4-16/h14-20H,1-13H2/t17-,18-,19-,20-. The fourth-order valence-corrected chi connectivity index (χ4v) is 6.35. The Hall–Kier alpha value is -0.990. The average molecular weight is 379 g/mol. The monoisotopic (exact) mass is 378 g/mol. The van der Waals surface area contributed by atoms with Crippen LogP contribution >= 0.6 is 0 Å². The lowest BCUT2D eigenvalue weighted by Crippen LogP contribution is -2.26. The van der Waals surface area contributed by atoms with Crippen LogP contribution in [0.2, 0.25) is 0 Å². The highest BCUT2D eigenvalue weighted by atomic mass is 19.2. The topological polar surface area (TPSA) is 0 Å². The molecule has 3 heteroatoms. The Morgan fingerprint density at radius 1 is 0.630 bits per heavy atom. The van der Waals surface area contributed by atoms with Gasteiger partial charge in [0.1, 0.15) is 0 Å². The van der Waals surface area contributed by atoms with Crippen molar-refractivity contribution >= 4 is 0 Å². The minimum Gasteiger partial charge on any atom is -0.204 e. The minimum atomic E-state index is -1.35. The van der Waals surface area contributed by atoms with Gasteiger partial charge in [-0.05, 0) is 92.2 Å². The Morgan fingerprint density at radius 2 is 1.11 bits per heavy atom. The van der Waals surface area contributed by atoms with Crippen molar-refractivity contribution in [1.82, 2.24) is 0 Å². The highest BCUT2D eigenvalue weighted by molar-refractivity contribution is 5.23. The van der Waals surface area contributed by atoms with Gasteiger partial charge in [0.05, 0.1) is 0 Å². The van der Waals surface area contributed by atoms with Crippen molar-refractivity contribution in [2.45, 2.75) is 89.4 Å². The van der Waals surface area contributed by atoms with Gasteiger partial charge < -0.3 is 0 Å². The molecule has 0 amide bonds. The van der Waals surface area contributed by atoms with Gasteiger partial charge in [0.25, 0.3) is 0 Å². The first kappa shape index (κ1) is 19.3. The first-order chi connectivity index (χ1) is 13.1. The SMILES string of the molecule is Fc1cc([C@H]2CC[C@H]([C@H]3CC[C@H](CC4CCCC4)CC3)CC2)cc(F)c1F. The molecule has 0 spiro atoms. The van der Waals surface area contributed by atoms with E-state index in [1.807, 2.05) is 0 Å². The van der Waals surface area contributed by atoms with E-state index in [1.54, 1.807) is 0 Å². The molecule has 0 unspecified atom stereocenters. The van der Waals surface area contributed by atoms with Crippen LogP contribution in [0.1, 0.15) is 95.0 Å². The van der Waals surface area contributed by atoms with Crippen molar-refractivity contribution in [2.75, 3.05) is 0 Å². The highest BCUT2D eigenvalue weighted by Gasteiger charge is 2.32. The van der Waals surface area contributed by atoms with Crippen LogP contribution in [0.4, 0.5) is 13.2 Å². The molecule has 0 aromatic heterocycles. The van der Waals surface area contributed by atoms with E-state index in [1.165, 1.54) is 69.9 Å². The van der Waals surface area contributed by atoms with E-state index in [4.69, 9.17) is 0 Å². The summed E-state index contributed by atoms with van der Waals surface area (Å²) in [5, 5.41) is 0. The van der Waals surface area contributed by atoms with Gasteiger partial charge in [0, 0.05) is 0 Å². The molecule has 150 valence electrons. The summed E-state index contributed by atoms with van der Waals surface area (Å²) < 4.78 is 40.3. The zero-order valence-corrected chi connectivity index (χ0v) is 16.4. The molecule has 3 aliphatic carbocycles. The summed E-state index contributed by atoms with van der Waals surface area (Å²) in [5.41, 5.74) is 0.644. The third kappa shape index (κ3) is 4.54. The third-order valence-electron chi connectivity index (χ3n) is 7.95. The second kappa shape index (κ2) is 8.57. The van der Waals surface area contributed by atoms with Crippen LogP contribution in [0.5, 0.6) is 0 Å². The molecule has 1 aromatic carbocycles. The minimum absolute atomic E-state index is 0.185. The maximum atomic E-state index is 13.5. The molecule has 0 bridgehead atoms. The van der Waals surface area contributed by atoms with Gasteiger partial charge in [-0.25, -0.2) is 13.2 Å². The van der Waals surface area contributed by atoms with Gasteiger partial charge in [0.15, 0.2) is 17.5 Å². The Balaban J connectivity index is 1.25. The molecule has 0 atom stereocenters.